The second-order valence-electron chi connectivity index (χ2n) is 3.03. The average molecular weight is 257 g/mol. The Morgan fingerprint density at radius 3 is 2.35 bits per heavy atom. The Balaban J connectivity index is 3.49. The van der Waals surface area contributed by atoms with Crippen LogP contribution in [0.3, 0.4) is 0 Å². The fourth-order valence-electron chi connectivity index (χ4n) is 1.33. The van der Waals surface area contributed by atoms with Gasteiger partial charge < -0.3 is 9.84 Å². The highest BCUT2D eigenvalue weighted by Crippen LogP contribution is 2.39. The molecule has 0 aliphatic carbocycles. The summed E-state index contributed by atoms with van der Waals surface area (Å²) < 4.78 is 66.8. The largest absolute Gasteiger partial charge is 0.494 e. The van der Waals surface area contributed by atoms with Gasteiger partial charge in [0.05, 0.1) is 19.3 Å². The minimum Gasteiger partial charge on any atom is -0.494 e. The van der Waals surface area contributed by atoms with Gasteiger partial charge in [-0.1, -0.05) is 0 Å². The van der Waals surface area contributed by atoms with Crippen LogP contribution in [0.4, 0.5) is 22.0 Å². The Hall–Kier alpha value is -1.44. The number of rotatable bonds is 3. The Kier molecular flexibility index (Phi) is 3.87. The first-order valence-electron chi connectivity index (χ1n) is 4.34. The summed E-state index contributed by atoms with van der Waals surface area (Å²) in [4.78, 5) is 3.02. The van der Waals surface area contributed by atoms with E-state index in [4.69, 9.17) is 5.11 Å². The third kappa shape index (κ3) is 2.63. The molecular formula is C9H8F5NO2. The molecule has 17 heavy (non-hydrogen) atoms. The normalized spacial score (nSPS) is 12.0. The zero-order chi connectivity index (χ0) is 13.2. The molecule has 1 N–H and O–H groups in total. The Morgan fingerprint density at radius 1 is 1.41 bits per heavy atom. The predicted molar refractivity (Wildman–Crippen MR) is 46.7 cm³/mol. The Morgan fingerprint density at radius 2 is 2.00 bits per heavy atom. The quantitative estimate of drug-likeness (QED) is 0.846. The van der Waals surface area contributed by atoms with E-state index in [1.807, 2.05) is 0 Å². The molecular weight excluding hydrogens is 249 g/mol. The lowest BCUT2D eigenvalue weighted by molar-refractivity contribution is -0.139. The number of pyridine rings is 1. The molecule has 0 aliphatic heterocycles. The molecule has 1 rings (SSSR count). The topological polar surface area (TPSA) is 42.4 Å². The highest BCUT2D eigenvalue weighted by molar-refractivity contribution is 5.43. The molecule has 0 aromatic carbocycles. The fraction of sp³-hybridized carbons (Fsp3) is 0.444. The second-order valence-corrected chi connectivity index (χ2v) is 3.03. The van der Waals surface area contributed by atoms with Gasteiger partial charge in [-0.3, -0.25) is 4.98 Å². The number of ether oxygens (including phenoxy) is 1. The number of hydrogen-bond acceptors (Lipinski definition) is 3. The first kappa shape index (κ1) is 13.6. The van der Waals surface area contributed by atoms with Crippen molar-refractivity contribution >= 4 is 0 Å². The molecule has 3 nitrogen and oxygen atoms in total. The smallest absolute Gasteiger partial charge is 0.418 e. The van der Waals surface area contributed by atoms with Crippen LogP contribution in [0, 0.1) is 0 Å². The lowest BCUT2D eigenvalue weighted by Crippen LogP contribution is -2.13. The van der Waals surface area contributed by atoms with E-state index in [-0.39, 0.29) is 6.20 Å². The maximum Gasteiger partial charge on any atom is 0.418 e. The SMILES string of the molecule is COc1c(C(F)F)ncc(C(F)(F)F)c1CO. The monoisotopic (exact) mass is 257 g/mol. The minimum atomic E-state index is -4.79. The lowest BCUT2D eigenvalue weighted by atomic mass is 10.1. The molecule has 96 valence electrons. The summed E-state index contributed by atoms with van der Waals surface area (Å²) >= 11 is 0. The van der Waals surface area contributed by atoms with Crippen molar-refractivity contribution in [3.63, 3.8) is 0 Å². The van der Waals surface area contributed by atoms with Gasteiger partial charge in [0.25, 0.3) is 6.43 Å². The van der Waals surface area contributed by atoms with Crippen LogP contribution in [0.5, 0.6) is 5.75 Å². The Labute approximate surface area is 92.8 Å². The summed E-state index contributed by atoms with van der Waals surface area (Å²) in [6.07, 6.45) is -7.62. The third-order valence-electron chi connectivity index (χ3n) is 2.04. The number of methoxy groups -OCH3 is 1. The van der Waals surface area contributed by atoms with Crippen LogP contribution in [0.15, 0.2) is 6.20 Å². The molecule has 8 heteroatoms. The zero-order valence-corrected chi connectivity index (χ0v) is 8.55. The van der Waals surface area contributed by atoms with Gasteiger partial charge in [-0.05, 0) is 0 Å². The van der Waals surface area contributed by atoms with Crippen molar-refractivity contribution in [2.75, 3.05) is 7.11 Å². The number of aliphatic hydroxyl groups excluding tert-OH is 1. The number of aliphatic hydroxyl groups is 1. The third-order valence-corrected chi connectivity index (χ3v) is 2.04. The van der Waals surface area contributed by atoms with E-state index in [0.29, 0.717) is 0 Å². The molecule has 0 fully saturated rings. The number of halogens is 5. The molecule has 0 saturated heterocycles. The van der Waals surface area contributed by atoms with E-state index in [1.54, 1.807) is 0 Å². The standard InChI is InChI=1S/C9H8F5NO2/c1-17-7-4(3-16)5(9(12,13)14)2-15-6(7)8(10)11/h2,8,16H,3H2,1H3. The van der Waals surface area contributed by atoms with Gasteiger partial charge in [0.1, 0.15) is 5.69 Å². The van der Waals surface area contributed by atoms with Crippen LogP contribution < -0.4 is 4.74 Å². The van der Waals surface area contributed by atoms with Crippen LogP contribution >= 0.6 is 0 Å². The summed E-state index contributed by atoms with van der Waals surface area (Å²) in [6, 6.07) is 0. The van der Waals surface area contributed by atoms with Crippen LogP contribution in [0.25, 0.3) is 0 Å². The van der Waals surface area contributed by atoms with Gasteiger partial charge in [0, 0.05) is 11.8 Å². The van der Waals surface area contributed by atoms with Crippen LogP contribution in [-0.2, 0) is 12.8 Å². The number of alkyl halides is 5. The molecule has 0 saturated carbocycles. The van der Waals surface area contributed by atoms with Gasteiger partial charge in [0.2, 0.25) is 0 Å². The predicted octanol–water partition coefficient (Wildman–Crippen LogP) is 2.54. The van der Waals surface area contributed by atoms with Crippen molar-refractivity contribution in [2.45, 2.75) is 19.2 Å². The van der Waals surface area contributed by atoms with Crippen molar-refractivity contribution in [3.05, 3.63) is 23.0 Å². The molecule has 0 unspecified atom stereocenters. The molecule has 0 bridgehead atoms. The lowest BCUT2D eigenvalue weighted by Gasteiger charge is -2.16. The van der Waals surface area contributed by atoms with E-state index < -0.39 is 41.8 Å². The van der Waals surface area contributed by atoms with E-state index >= 15 is 0 Å². The summed E-state index contributed by atoms with van der Waals surface area (Å²) in [7, 11) is 0.933. The zero-order valence-electron chi connectivity index (χ0n) is 8.55. The number of nitrogens with zero attached hydrogens (tertiary/aromatic N) is 1. The highest BCUT2D eigenvalue weighted by Gasteiger charge is 2.36. The molecule has 0 amide bonds. The van der Waals surface area contributed by atoms with Gasteiger partial charge in [-0.2, -0.15) is 13.2 Å². The second kappa shape index (κ2) is 4.82. The molecule has 1 aromatic heterocycles. The maximum absolute atomic E-state index is 12.5. The summed E-state index contributed by atoms with van der Waals surface area (Å²) in [6.45, 7) is -1.07. The summed E-state index contributed by atoms with van der Waals surface area (Å²) in [5.74, 6) is -0.739. The highest BCUT2D eigenvalue weighted by atomic mass is 19.4. The molecule has 1 aromatic rings. The number of hydrogen-bond donors (Lipinski definition) is 1. The first-order chi connectivity index (χ1) is 7.82. The molecule has 0 radical (unpaired) electrons. The molecule has 0 atom stereocenters. The summed E-state index contributed by atoms with van der Waals surface area (Å²) in [5.41, 5.74) is -2.96. The molecule has 1 heterocycles. The van der Waals surface area contributed by atoms with Gasteiger partial charge >= 0.3 is 6.18 Å². The molecule has 0 spiro atoms. The van der Waals surface area contributed by atoms with Crippen LogP contribution in [-0.4, -0.2) is 17.2 Å². The van der Waals surface area contributed by atoms with E-state index in [1.165, 1.54) is 0 Å². The number of aromatic nitrogens is 1. The first-order valence-corrected chi connectivity index (χ1v) is 4.34. The van der Waals surface area contributed by atoms with Crippen molar-refractivity contribution in [1.29, 1.82) is 0 Å². The van der Waals surface area contributed by atoms with E-state index in [0.717, 1.165) is 7.11 Å². The van der Waals surface area contributed by atoms with Crippen LogP contribution in [0.2, 0.25) is 0 Å². The minimum absolute atomic E-state index is 0.259. The summed E-state index contributed by atoms with van der Waals surface area (Å²) in [5, 5.41) is 8.85. The molecule has 0 aliphatic rings. The van der Waals surface area contributed by atoms with Gasteiger partial charge in [-0.15, -0.1) is 0 Å². The van der Waals surface area contributed by atoms with E-state index in [9.17, 15) is 22.0 Å². The fourth-order valence-corrected chi connectivity index (χ4v) is 1.33. The van der Waals surface area contributed by atoms with Gasteiger partial charge in [-0.25, -0.2) is 8.78 Å². The van der Waals surface area contributed by atoms with Crippen molar-refractivity contribution in [1.82, 2.24) is 4.98 Å². The van der Waals surface area contributed by atoms with Crippen molar-refractivity contribution in [3.8, 4) is 5.75 Å². The Bertz CT molecular complexity index is 405. The van der Waals surface area contributed by atoms with Crippen LogP contribution in [0.1, 0.15) is 23.2 Å². The van der Waals surface area contributed by atoms with Crippen molar-refractivity contribution in [2.24, 2.45) is 0 Å². The maximum atomic E-state index is 12.5. The average Bonchev–Trinajstić information content (AvgIpc) is 2.25. The van der Waals surface area contributed by atoms with E-state index in [2.05, 4.69) is 9.72 Å². The van der Waals surface area contributed by atoms with Gasteiger partial charge in [0.15, 0.2) is 5.75 Å². The van der Waals surface area contributed by atoms with Crippen molar-refractivity contribution < 1.29 is 31.8 Å².